The van der Waals surface area contributed by atoms with Gasteiger partial charge < -0.3 is 10.0 Å². The monoisotopic (exact) mass is 446 g/mol. The minimum atomic E-state index is -1.05. The van der Waals surface area contributed by atoms with Gasteiger partial charge in [-0.15, -0.1) is 0 Å². The van der Waals surface area contributed by atoms with E-state index in [4.69, 9.17) is 0 Å². The second-order valence-electron chi connectivity index (χ2n) is 9.51. The Labute approximate surface area is 193 Å². The van der Waals surface area contributed by atoms with Gasteiger partial charge in [0.15, 0.2) is 5.52 Å². The standard InChI is InChI=1S/C26H30N4O3/c31-24(21-10-5-4-9-20(21)19-7-2-1-3-8-19)29-15-12-26(33,13-16-29)17-30-18-28-22-11-6-14-27-23(22)25(30)32/h1-3,6-8,11,14,18,20-21,33H,4-5,9-10,12-13,15-17H2/t20-,21+/m1/s1. The summed E-state index contributed by atoms with van der Waals surface area (Å²) in [5.41, 5.74) is 0.809. The number of aliphatic hydroxyl groups is 1. The molecule has 33 heavy (non-hydrogen) atoms. The summed E-state index contributed by atoms with van der Waals surface area (Å²) in [5, 5.41) is 11.2. The highest BCUT2D eigenvalue weighted by Crippen LogP contribution is 2.39. The van der Waals surface area contributed by atoms with E-state index in [9.17, 15) is 14.7 Å². The van der Waals surface area contributed by atoms with Crippen LogP contribution in [-0.2, 0) is 11.3 Å². The van der Waals surface area contributed by atoms with Crippen LogP contribution in [0.25, 0.3) is 11.0 Å². The highest BCUT2D eigenvalue weighted by molar-refractivity contribution is 5.80. The van der Waals surface area contributed by atoms with Crippen molar-refractivity contribution in [2.45, 2.75) is 56.6 Å². The van der Waals surface area contributed by atoms with Gasteiger partial charge in [0, 0.05) is 25.2 Å². The van der Waals surface area contributed by atoms with Gasteiger partial charge in [0.05, 0.1) is 24.0 Å². The lowest BCUT2D eigenvalue weighted by molar-refractivity contribution is -0.142. The van der Waals surface area contributed by atoms with Gasteiger partial charge in [-0.3, -0.25) is 14.2 Å². The maximum atomic E-state index is 13.5. The van der Waals surface area contributed by atoms with E-state index in [2.05, 4.69) is 22.1 Å². The maximum absolute atomic E-state index is 13.5. The van der Waals surface area contributed by atoms with Gasteiger partial charge in [-0.05, 0) is 49.3 Å². The molecule has 5 rings (SSSR count). The number of pyridine rings is 1. The summed E-state index contributed by atoms with van der Waals surface area (Å²) in [6.45, 7) is 1.16. The van der Waals surface area contributed by atoms with Crippen molar-refractivity contribution < 1.29 is 9.90 Å². The summed E-state index contributed by atoms with van der Waals surface area (Å²) < 4.78 is 1.44. The van der Waals surface area contributed by atoms with Gasteiger partial charge >= 0.3 is 0 Å². The first-order valence-electron chi connectivity index (χ1n) is 11.9. The number of likely N-dealkylation sites (tertiary alicyclic amines) is 1. The number of aromatic nitrogens is 3. The summed E-state index contributed by atoms with van der Waals surface area (Å²) in [5.74, 6) is 0.480. The zero-order valence-corrected chi connectivity index (χ0v) is 18.8. The first-order chi connectivity index (χ1) is 16.0. The molecule has 1 saturated carbocycles. The molecule has 7 heteroatoms. The highest BCUT2D eigenvalue weighted by atomic mass is 16.3. The third-order valence-electron chi connectivity index (χ3n) is 7.37. The number of fused-ring (bicyclic) bond motifs is 1. The van der Waals surface area contributed by atoms with E-state index in [1.807, 2.05) is 23.1 Å². The van der Waals surface area contributed by atoms with E-state index >= 15 is 0 Å². The van der Waals surface area contributed by atoms with Crippen LogP contribution in [0.3, 0.4) is 0 Å². The number of hydrogen-bond acceptors (Lipinski definition) is 5. The van der Waals surface area contributed by atoms with Gasteiger partial charge in [0.2, 0.25) is 5.91 Å². The summed E-state index contributed by atoms with van der Waals surface area (Å²) in [6, 6.07) is 13.9. The Morgan fingerprint density at radius 1 is 1.03 bits per heavy atom. The number of benzene rings is 1. The van der Waals surface area contributed by atoms with Gasteiger partial charge in [-0.25, -0.2) is 9.97 Å². The average molecular weight is 447 g/mol. The van der Waals surface area contributed by atoms with Crippen LogP contribution in [0.2, 0.25) is 0 Å². The molecule has 2 atom stereocenters. The first kappa shape index (κ1) is 21.8. The quantitative estimate of drug-likeness (QED) is 0.665. The third kappa shape index (κ3) is 4.42. The molecule has 1 saturated heterocycles. The highest BCUT2D eigenvalue weighted by Gasteiger charge is 2.39. The summed E-state index contributed by atoms with van der Waals surface area (Å²) in [4.78, 5) is 36.6. The van der Waals surface area contributed by atoms with Crippen LogP contribution in [0.1, 0.15) is 50.0 Å². The first-order valence-corrected chi connectivity index (χ1v) is 11.9. The Morgan fingerprint density at radius 2 is 1.79 bits per heavy atom. The van der Waals surface area contributed by atoms with Crippen molar-refractivity contribution >= 4 is 16.9 Å². The number of rotatable bonds is 4. The molecule has 0 bridgehead atoms. The zero-order valence-electron chi connectivity index (χ0n) is 18.8. The van der Waals surface area contributed by atoms with Crippen molar-refractivity contribution in [3.05, 3.63) is 70.9 Å². The van der Waals surface area contributed by atoms with Crippen molar-refractivity contribution in [1.82, 2.24) is 19.4 Å². The lowest BCUT2D eigenvalue weighted by Crippen LogP contribution is -2.51. The number of nitrogens with zero attached hydrogens (tertiary/aromatic N) is 4. The molecule has 1 amide bonds. The molecule has 7 nitrogen and oxygen atoms in total. The van der Waals surface area contributed by atoms with Crippen molar-refractivity contribution in [3.63, 3.8) is 0 Å². The smallest absolute Gasteiger partial charge is 0.279 e. The molecule has 2 aliphatic rings. The van der Waals surface area contributed by atoms with Gasteiger partial charge in [0.25, 0.3) is 5.56 Å². The molecule has 1 aliphatic heterocycles. The fourth-order valence-electron chi connectivity index (χ4n) is 5.48. The molecule has 3 aromatic rings. The maximum Gasteiger partial charge on any atom is 0.279 e. The topological polar surface area (TPSA) is 88.3 Å². The molecule has 1 aliphatic carbocycles. The number of carbonyl (C=O) groups is 1. The van der Waals surface area contributed by atoms with Crippen LogP contribution >= 0.6 is 0 Å². The van der Waals surface area contributed by atoms with Gasteiger partial charge in [-0.2, -0.15) is 0 Å². The summed E-state index contributed by atoms with van der Waals surface area (Å²) in [7, 11) is 0. The SMILES string of the molecule is O=C([C@H]1CCCC[C@@H]1c1ccccc1)N1CCC(O)(Cn2cnc3cccnc3c2=O)CC1. The predicted molar refractivity (Wildman–Crippen MR) is 126 cm³/mol. The van der Waals surface area contributed by atoms with Crippen LogP contribution in [-0.4, -0.2) is 49.1 Å². The van der Waals surface area contributed by atoms with Crippen LogP contribution < -0.4 is 5.56 Å². The Morgan fingerprint density at radius 3 is 2.58 bits per heavy atom. The Bertz CT molecular complexity index is 1180. The van der Waals surface area contributed by atoms with Crippen LogP contribution in [0.4, 0.5) is 0 Å². The average Bonchev–Trinajstić information content (AvgIpc) is 2.86. The Kier molecular flexibility index (Phi) is 5.98. The molecular formula is C26H30N4O3. The molecule has 1 aromatic carbocycles. The lowest BCUT2D eigenvalue weighted by Gasteiger charge is -2.41. The molecule has 0 spiro atoms. The normalized spacial score (nSPS) is 22.9. The molecule has 172 valence electrons. The lowest BCUT2D eigenvalue weighted by atomic mass is 9.74. The largest absolute Gasteiger partial charge is 0.388 e. The molecule has 3 heterocycles. The zero-order chi connectivity index (χ0) is 22.8. The van der Waals surface area contributed by atoms with Crippen LogP contribution in [0.5, 0.6) is 0 Å². The van der Waals surface area contributed by atoms with Crippen LogP contribution in [0, 0.1) is 5.92 Å². The number of piperidine rings is 1. The van der Waals surface area contributed by atoms with E-state index < -0.39 is 5.60 Å². The fraction of sp³-hybridized carbons (Fsp3) is 0.462. The Hall–Kier alpha value is -3.06. The minimum Gasteiger partial charge on any atom is -0.388 e. The number of amides is 1. The second-order valence-corrected chi connectivity index (χ2v) is 9.51. The molecular weight excluding hydrogens is 416 g/mol. The van der Waals surface area contributed by atoms with Gasteiger partial charge in [0.1, 0.15) is 0 Å². The number of hydrogen-bond donors (Lipinski definition) is 1. The van der Waals surface area contributed by atoms with Crippen molar-refractivity contribution in [2.24, 2.45) is 5.92 Å². The van der Waals surface area contributed by atoms with Gasteiger partial charge in [-0.1, -0.05) is 43.2 Å². The predicted octanol–water partition coefficient (Wildman–Crippen LogP) is 3.12. The summed E-state index contributed by atoms with van der Waals surface area (Å²) in [6.07, 6.45) is 8.14. The minimum absolute atomic E-state index is 0.00530. The summed E-state index contributed by atoms with van der Waals surface area (Å²) >= 11 is 0. The molecule has 0 unspecified atom stereocenters. The van der Waals surface area contributed by atoms with Crippen LogP contribution in [0.15, 0.2) is 59.8 Å². The van der Waals surface area contributed by atoms with Crippen molar-refractivity contribution in [2.75, 3.05) is 13.1 Å². The van der Waals surface area contributed by atoms with Crippen molar-refractivity contribution in [1.29, 1.82) is 0 Å². The van der Waals surface area contributed by atoms with E-state index in [0.29, 0.717) is 37.0 Å². The molecule has 2 aromatic heterocycles. The second kappa shape index (κ2) is 9.06. The van der Waals surface area contributed by atoms with E-state index in [0.717, 1.165) is 25.7 Å². The van der Waals surface area contributed by atoms with E-state index in [1.54, 1.807) is 18.3 Å². The third-order valence-corrected chi connectivity index (χ3v) is 7.37. The Balaban J connectivity index is 1.27. The molecule has 1 N–H and O–H groups in total. The molecule has 2 fully saturated rings. The van der Waals surface area contributed by atoms with Crippen molar-refractivity contribution in [3.8, 4) is 0 Å². The van der Waals surface area contributed by atoms with E-state index in [1.165, 1.54) is 16.5 Å². The number of carbonyl (C=O) groups excluding carboxylic acids is 1. The molecule has 0 radical (unpaired) electrons. The van der Waals surface area contributed by atoms with E-state index in [-0.39, 0.29) is 29.8 Å². The fourth-order valence-corrected chi connectivity index (χ4v) is 5.48.